The fraction of sp³-hybridized carbons (Fsp3) is 0.321. The smallest absolute Gasteiger partial charge is 0.408 e. The molecule has 0 unspecified atom stereocenters. The largest absolute Gasteiger partial charge is 0.466 e. The molecule has 2 heterocycles. The number of pyridine rings is 1. The number of hydrogen-bond acceptors (Lipinski definition) is 4. The van der Waals surface area contributed by atoms with E-state index in [4.69, 9.17) is 9.72 Å². The molecule has 1 aliphatic heterocycles. The molecule has 0 radical (unpaired) electrons. The summed E-state index contributed by atoms with van der Waals surface area (Å²) in [4.78, 5) is 30.5. The van der Waals surface area contributed by atoms with Crippen LogP contribution in [0.3, 0.4) is 0 Å². The van der Waals surface area contributed by atoms with Crippen molar-refractivity contribution in [3.63, 3.8) is 0 Å². The van der Waals surface area contributed by atoms with Crippen LogP contribution >= 0.6 is 0 Å². The number of aromatic nitrogens is 1. The van der Waals surface area contributed by atoms with Gasteiger partial charge in [0.1, 0.15) is 5.69 Å². The summed E-state index contributed by atoms with van der Waals surface area (Å²) in [6.45, 7) is 5.76. The third-order valence-electron chi connectivity index (χ3n) is 6.85. The lowest BCUT2D eigenvalue weighted by atomic mass is 9.69. The summed E-state index contributed by atoms with van der Waals surface area (Å²) in [7, 11) is 0. The Morgan fingerprint density at radius 2 is 1.74 bits per heavy atom. The van der Waals surface area contributed by atoms with E-state index in [1.807, 2.05) is 81.4 Å². The molecule has 3 aromatic rings. The molecule has 1 saturated carbocycles. The van der Waals surface area contributed by atoms with Crippen LogP contribution in [0.4, 0.5) is 10.5 Å². The summed E-state index contributed by atoms with van der Waals surface area (Å²) in [5.74, 6) is 0.187. The summed E-state index contributed by atoms with van der Waals surface area (Å²) >= 11 is 0. The van der Waals surface area contributed by atoms with E-state index in [2.05, 4.69) is 5.32 Å². The Balaban J connectivity index is 1.59. The third-order valence-corrected chi connectivity index (χ3v) is 6.85. The second-order valence-corrected chi connectivity index (χ2v) is 10.2. The van der Waals surface area contributed by atoms with Gasteiger partial charge in [0.2, 0.25) is 5.88 Å². The minimum Gasteiger partial charge on any atom is -0.466 e. The second kappa shape index (κ2) is 8.41. The van der Waals surface area contributed by atoms with Gasteiger partial charge in [-0.3, -0.25) is 9.69 Å². The Morgan fingerprint density at radius 3 is 2.31 bits per heavy atom. The molecule has 1 fully saturated rings. The number of rotatable bonds is 4. The van der Waals surface area contributed by atoms with Crippen LogP contribution in [0.15, 0.2) is 60.7 Å². The molecule has 2 aromatic carbocycles. The van der Waals surface area contributed by atoms with E-state index in [0.29, 0.717) is 11.6 Å². The first kappa shape index (κ1) is 22.9. The highest BCUT2D eigenvalue weighted by Crippen LogP contribution is 2.50. The fourth-order valence-electron chi connectivity index (χ4n) is 5.28. The van der Waals surface area contributed by atoms with Crippen molar-refractivity contribution in [1.82, 2.24) is 9.88 Å². The maximum absolute atomic E-state index is 12.3. The molecule has 0 spiro atoms. The van der Waals surface area contributed by atoms with E-state index in [-0.39, 0.29) is 12.5 Å². The number of ether oxygens (including phenoxy) is 1. The lowest BCUT2D eigenvalue weighted by Crippen LogP contribution is -2.60. The molecular weight excluding hydrogens is 442 g/mol. The number of amides is 2. The van der Waals surface area contributed by atoms with Crippen LogP contribution in [0.25, 0.3) is 22.4 Å². The van der Waals surface area contributed by atoms with Gasteiger partial charge in [0.15, 0.2) is 6.61 Å². The van der Waals surface area contributed by atoms with E-state index in [9.17, 15) is 14.7 Å². The molecule has 2 aliphatic rings. The summed E-state index contributed by atoms with van der Waals surface area (Å²) in [5, 5.41) is 12.9. The lowest BCUT2D eigenvalue weighted by Gasteiger charge is -2.54. The molecule has 0 atom stereocenters. The number of carbonyl (C=O) groups excluding carboxylic acids is 1. The Labute approximate surface area is 204 Å². The Kier molecular flexibility index (Phi) is 5.50. The van der Waals surface area contributed by atoms with Gasteiger partial charge in [0, 0.05) is 16.7 Å². The second-order valence-electron chi connectivity index (χ2n) is 10.2. The highest BCUT2D eigenvalue weighted by Gasteiger charge is 2.50. The number of hydrogen-bond donors (Lipinski definition) is 2. The minimum absolute atomic E-state index is 0.0661. The van der Waals surface area contributed by atoms with Crippen molar-refractivity contribution in [1.29, 1.82) is 0 Å². The van der Waals surface area contributed by atoms with Crippen LogP contribution in [0.2, 0.25) is 0 Å². The van der Waals surface area contributed by atoms with Gasteiger partial charge < -0.3 is 15.2 Å². The molecule has 5 rings (SSSR count). The standard InChI is InChI=1S/C28H29N3O4/c1-27(2,3)31(26(33)34)28(14-7-15-28)20-12-10-19(11-13-20)24-21(18-8-5-4-6-9-18)16-22-25(30-24)35-17-23(32)29-22/h4-6,8-13,16H,7,14-15,17H2,1-3H3,(H,29,32)(H,33,34). The Bertz CT molecular complexity index is 1280. The molecule has 180 valence electrons. The highest BCUT2D eigenvalue weighted by atomic mass is 16.5. The molecule has 1 aliphatic carbocycles. The maximum atomic E-state index is 12.3. The molecule has 0 bridgehead atoms. The van der Waals surface area contributed by atoms with Crippen LogP contribution in [-0.2, 0) is 10.3 Å². The fourth-order valence-corrected chi connectivity index (χ4v) is 5.28. The van der Waals surface area contributed by atoms with Crippen molar-refractivity contribution in [2.24, 2.45) is 0 Å². The first-order valence-corrected chi connectivity index (χ1v) is 11.9. The zero-order valence-corrected chi connectivity index (χ0v) is 20.2. The first-order chi connectivity index (χ1) is 16.7. The average molecular weight is 472 g/mol. The van der Waals surface area contributed by atoms with Crippen molar-refractivity contribution in [3.8, 4) is 28.3 Å². The van der Waals surface area contributed by atoms with Gasteiger partial charge in [0.25, 0.3) is 5.91 Å². The Hall–Kier alpha value is -3.87. The average Bonchev–Trinajstić information content (AvgIpc) is 2.80. The zero-order chi connectivity index (χ0) is 24.8. The van der Waals surface area contributed by atoms with Gasteiger partial charge in [-0.15, -0.1) is 0 Å². The Morgan fingerprint density at radius 1 is 1.06 bits per heavy atom. The first-order valence-electron chi connectivity index (χ1n) is 11.9. The monoisotopic (exact) mass is 471 g/mol. The van der Waals surface area contributed by atoms with Crippen molar-refractivity contribution in [3.05, 3.63) is 66.2 Å². The molecule has 2 N–H and O–H groups in total. The van der Waals surface area contributed by atoms with Crippen LogP contribution in [-0.4, -0.2) is 39.1 Å². The lowest BCUT2D eigenvalue weighted by molar-refractivity contribution is -0.118. The highest BCUT2D eigenvalue weighted by molar-refractivity contribution is 5.97. The van der Waals surface area contributed by atoms with E-state index in [0.717, 1.165) is 47.2 Å². The van der Waals surface area contributed by atoms with E-state index < -0.39 is 17.2 Å². The zero-order valence-electron chi connectivity index (χ0n) is 20.2. The van der Waals surface area contributed by atoms with Crippen LogP contribution in [0.1, 0.15) is 45.6 Å². The quantitative estimate of drug-likeness (QED) is 0.494. The molecule has 2 amide bonds. The summed E-state index contributed by atoms with van der Waals surface area (Å²) < 4.78 is 5.59. The number of carbonyl (C=O) groups is 2. The van der Waals surface area contributed by atoms with E-state index in [1.165, 1.54) is 0 Å². The normalized spacial score (nSPS) is 16.4. The van der Waals surface area contributed by atoms with Crippen LogP contribution < -0.4 is 10.1 Å². The number of nitrogens with zero attached hydrogens (tertiary/aromatic N) is 2. The number of benzene rings is 2. The van der Waals surface area contributed by atoms with Gasteiger partial charge in [-0.1, -0.05) is 54.6 Å². The number of carboxylic acid groups (broad SMARTS) is 1. The van der Waals surface area contributed by atoms with Crippen LogP contribution in [0, 0.1) is 0 Å². The molecule has 7 nitrogen and oxygen atoms in total. The topological polar surface area (TPSA) is 91.8 Å². The van der Waals surface area contributed by atoms with Gasteiger partial charge in [-0.25, -0.2) is 9.78 Å². The van der Waals surface area contributed by atoms with Crippen molar-refractivity contribution < 1.29 is 19.4 Å². The number of nitrogens with one attached hydrogen (secondary N) is 1. The van der Waals surface area contributed by atoms with Crippen molar-refractivity contribution in [2.45, 2.75) is 51.1 Å². The minimum atomic E-state index is -0.900. The molecule has 0 saturated heterocycles. The van der Waals surface area contributed by atoms with E-state index >= 15 is 0 Å². The molecule has 1 aromatic heterocycles. The summed E-state index contributed by atoms with van der Waals surface area (Å²) in [5.41, 5.74) is 3.98. The number of anilines is 1. The predicted octanol–water partition coefficient (Wildman–Crippen LogP) is 5.90. The molecule has 7 heteroatoms. The van der Waals surface area contributed by atoms with E-state index in [1.54, 1.807) is 4.90 Å². The van der Waals surface area contributed by atoms with Crippen molar-refractivity contribution >= 4 is 17.7 Å². The van der Waals surface area contributed by atoms with Crippen molar-refractivity contribution in [2.75, 3.05) is 11.9 Å². The van der Waals surface area contributed by atoms with Gasteiger partial charge in [0.05, 0.1) is 11.2 Å². The predicted molar refractivity (Wildman–Crippen MR) is 134 cm³/mol. The van der Waals surface area contributed by atoms with Gasteiger partial charge >= 0.3 is 6.09 Å². The van der Waals surface area contributed by atoms with Gasteiger partial charge in [-0.2, -0.15) is 0 Å². The summed E-state index contributed by atoms with van der Waals surface area (Å²) in [6.07, 6.45) is 1.70. The molecular formula is C28H29N3O4. The van der Waals surface area contributed by atoms with Crippen LogP contribution in [0.5, 0.6) is 5.88 Å². The maximum Gasteiger partial charge on any atom is 0.408 e. The third kappa shape index (κ3) is 4.01. The molecule has 35 heavy (non-hydrogen) atoms. The number of fused-ring (bicyclic) bond motifs is 1. The van der Waals surface area contributed by atoms with Gasteiger partial charge in [-0.05, 0) is 57.2 Å². The SMILES string of the molecule is CC(C)(C)N(C(=O)O)C1(c2ccc(-c3nc4c(cc3-c3ccccc3)NC(=O)CO4)cc2)CCC1. The summed E-state index contributed by atoms with van der Waals surface area (Å²) in [6, 6.07) is 19.8.